The van der Waals surface area contributed by atoms with Gasteiger partial charge in [0.25, 0.3) is 0 Å². The highest BCUT2D eigenvalue weighted by atomic mass is 16.7. The number of benzene rings is 1. The molecule has 1 saturated carbocycles. The third-order valence-electron chi connectivity index (χ3n) is 3.13. The Morgan fingerprint density at radius 2 is 2.00 bits per heavy atom. The average molecular weight is 204 g/mol. The van der Waals surface area contributed by atoms with E-state index < -0.39 is 0 Å². The minimum atomic E-state index is 0.241. The molecular formula is C12H12O3. The summed E-state index contributed by atoms with van der Waals surface area (Å²) in [6, 6.07) is 5.44. The molecule has 1 aromatic carbocycles. The summed E-state index contributed by atoms with van der Waals surface area (Å²) in [7, 11) is 0. The van der Waals surface area contributed by atoms with E-state index in [9.17, 15) is 4.79 Å². The van der Waals surface area contributed by atoms with Crippen molar-refractivity contribution in [2.75, 3.05) is 6.79 Å². The molecule has 0 unspecified atom stereocenters. The van der Waals surface area contributed by atoms with Crippen molar-refractivity contribution in [1.29, 1.82) is 0 Å². The van der Waals surface area contributed by atoms with Gasteiger partial charge >= 0.3 is 0 Å². The van der Waals surface area contributed by atoms with Crippen LogP contribution < -0.4 is 9.47 Å². The predicted molar refractivity (Wildman–Crippen MR) is 54.2 cm³/mol. The normalized spacial score (nSPS) is 18.7. The number of Topliss-reactive ketones (excluding diaryl/α,β-unsaturated/α-hetero) is 1. The van der Waals surface area contributed by atoms with E-state index in [0.29, 0.717) is 5.75 Å². The molecule has 1 fully saturated rings. The third kappa shape index (κ3) is 1.39. The average Bonchev–Trinajstić information content (AvgIpc) is 2.61. The fraction of sp³-hybridized carbons (Fsp3) is 0.417. The lowest BCUT2D eigenvalue weighted by Crippen LogP contribution is -2.21. The summed E-state index contributed by atoms with van der Waals surface area (Å²) in [6.07, 6.45) is 3.25. The lowest BCUT2D eigenvalue weighted by atomic mass is 9.80. The van der Waals surface area contributed by atoms with E-state index in [1.165, 1.54) is 6.42 Å². The first kappa shape index (κ1) is 8.77. The quantitative estimate of drug-likeness (QED) is 0.694. The van der Waals surface area contributed by atoms with Crippen LogP contribution in [0.3, 0.4) is 0 Å². The molecule has 1 aliphatic heterocycles. The van der Waals surface area contributed by atoms with Crippen molar-refractivity contribution in [2.24, 2.45) is 5.92 Å². The Bertz CT molecular complexity index is 407. The standard InChI is InChI=1S/C12H12O3/c13-12(8-2-1-3-8)9-4-5-10-11(6-9)15-7-14-10/h4-6,8H,1-3,7H2. The predicted octanol–water partition coefficient (Wildman–Crippen LogP) is 2.40. The van der Waals surface area contributed by atoms with Gasteiger partial charge in [0.05, 0.1) is 0 Å². The van der Waals surface area contributed by atoms with Gasteiger partial charge in [-0.25, -0.2) is 0 Å². The van der Waals surface area contributed by atoms with Gasteiger partial charge in [-0.2, -0.15) is 0 Å². The second-order valence-corrected chi connectivity index (χ2v) is 4.06. The van der Waals surface area contributed by atoms with Crippen LogP contribution in [0.25, 0.3) is 0 Å². The number of carbonyl (C=O) groups excluding carboxylic acids is 1. The van der Waals surface area contributed by atoms with Gasteiger partial charge in [-0.3, -0.25) is 4.79 Å². The van der Waals surface area contributed by atoms with Gasteiger partial charge in [0, 0.05) is 11.5 Å². The zero-order valence-electron chi connectivity index (χ0n) is 8.36. The van der Waals surface area contributed by atoms with Crippen LogP contribution in [0.5, 0.6) is 11.5 Å². The molecule has 15 heavy (non-hydrogen) atoms. The molecule has 0 amide bonds. The Hall–Kier alpha value is -1.51. The molecule has 78 valence electrons. The number of hydrogen-bond donors (Lipinski definition) is 0. The molecule has 3 nitrogen and oxygen atoms in total. The zero-order chi connectivity index (χ0) is 10.3. The lowest BCUT2D eigenvalue weighted by molar-refractivity contribution is 0.0855. The minimum Gasteiger partial charge on any atom is -0.454 e. The van der Waals surface area contributed by atoms with Crippen molar-refractivity contribution in [3.63, 3.8) is 0 Å². The van der Waals surface area contributed by atoms with E-state index >= 15 is 0 Å². The smallest absolute Gasteiger partial charge is 0.231 e. The molecule has 0 bridgehead atoms. The number of ketones is 1. The first-order valence-corrected chi connectivity index (χ1v) is 5.28. The summed E-state index contributed by atoms with van der Waals surface area (Å²) in [4.78, 5) is 11.9. The van der Waals surface area contributed by atoms with Crippen LogP contribution in [0.1, 0.15) is 29.6 Å². The minimum absolute atomic E-state index is 0.241. The summed E-state index contributed by atoms with van der Waals surface area (Å²) in [6.45, 7) is 0.260. The van der Waals surface area contributed by atoms with Crippen LogP contribution >= 0.6 is 0 Å². The van der Waals surface area contributed by atoms with Crippen molar-refractivity contribution in [2.45, 2.75) is 19.3 Å². The van der Waals surface area contributed by atoms with Gasteiger partial charge in [0.15, 0.2) is 17.3 Å². The van der Waals surface area contributed by atoms with Crippen molar-refractivity contribution in [1.82, 2.24) is 0 Å². The Labute approximate surface area is 88.0 Å². The van der Waals surface area contributed by atoms with Crippen molar-refractivity contribution >= 4 is 5.78 Å². The number of carbonyl (C=O) groups is 1. The molecule has 3 heteroatoms. The van der Waals surface area contributed by atoms with Crippen molar-refractivity contribution < 1.29 is 14.3 Å². The summed E-state index contributed by atoms with van der Waals surface area (Å²) in [5, 5.41) is 0. The number of rotatable bonds is 2. The fourth-order valence-electron chi connectivity index (χ4n) is 1.96. The Morgan fingerprint density at radius 3 is 2.73 bits per heavy atom. The monoisotopic (exact) mass is 204 g/mol. The van der Waals surface area contributed by atoms with E-state index in [0.717, 1.165) is 24.2 Å². The Kier molecular flexibility index (Phi) is 1.91. The van der Waals surface area contributed by atoms with Crippen LogP contribution in [0.4, 0.5) is 0 Å². The molecule has 1 aromatic rings. The Balaban J connectivity index is 1.88. The number of hydrogen-bond acceptors (Lipinski definition) is 3. The highest BCUT2D eigenvalue weighted by Gasteiger charge is 2.27. The second-order valence-electron chi connectivity index (χ2n) is 4.06. The maximum absolute atomic E-state index is 11.9. The van der Waals surface area contributed by atoms with Gasteiger partial charge in [-0.15, -0.1) is 0 Å². The maximum atomic E-state index is 11.9. The summed E-state index contributed by atoms with van der Waals surface area (Å²) < 4.78 is 10.4. The molecule has 1 heterocycles. The lowest BCUT2D eigenvalue weighted by Gasteiger charge is -2.23. The van der Waals surface area contributed by atoms with Crippen molar-refractivity contribution in [3.05, 3.63) is 23.8 Å². The highest BCUT2D eigenvalue weighted by molar-refractivity contribution is 5.98. The van der Waals surface area contributed by atoms with E-state index in [4.69, 9.17) is 9.47 Å². The van der Waals surface area contributed by atoms with Crippen molar-refractivity contribution in [3.8, 4) is 11.5 Å². The highest BCUT2D eigenvalue weighted by Crippen LogP contribution is 2.35. The van der Waals surface area contributed by atoms with Crippen LogP contribution in [0.2, 0.25) is 0 Å². The first-order chi connectivity index (χ1) is 7.34. The fourth-order valence-corrected chi connectivity index (χ4v) is 1.96. The third-order valence-corrected chi connectivity index (χ3v) is 3.13. The van der Waals surface area contributed by atoms with Gasteiger partial charge < -0.3 is 9.47 Å². The van der Waals surface area contributed by atoms with E-state index in [1.54, 1.807) is 6.07 Å². The summed E-state index contributed by atoms with van der Waals surface area (Å²) in [5.41, 5.74) is 0.754. The van der Waals surface area contributed by atoms with Gasteiger partial charge in [0.1, 0.15) is 0 Å². The van der Waals surface area contributed by atoms with E-state index in [2.05, 4.69) is 0 Å². The summed E-state index contributed by atoms with van der Waals surface area (Å²) in [5.74, 6) is 1.92. The van der Waals surface area contributed by atoms with Gasteiger partial charge in [-0.05, 0) is 31.0 Å². The van der Waals surface area contributed by atoms with Gasteiger partial charge in [-0.1, -0.05) is 6.42 Å². The molecule has 2 aliphatic rings. The van der Waals surface area contributed by atoms with Crippen LogP contribution in [0.15, 0.2) is 18.2 Å². The van der Waals surface area contributed by atoms with E-state index in [1.807, 2.05) is 12.1 Å². The Morgan fingerprint density at radius 1 is 1.20 bits per heavy atom. The van der Waals surface area contributed by atoms with E-state index in [-0.39, 0.29) is 18.5 Å². The second kappa shape index (κ2) is 3.26. The largest absolute Gasteiger partial charge is 0.454 e. The van der Waals surface area contributed by atoms with Crippen LogP contribution in [-0.2, 0) is 0 Å². The number of ether oxygens (including phenoxy) is 2. The molecule has 0 atom stereocenters. The molecular weight excluding hydrogens is 192 g/mol. The topological polar surface area (TPSA) is 35.5 Å². The van der Waals surface area contributed by atoms with Crippen LogP contribution in [0, 0.1) is 5.92 Å². The number of fused-ring (bicyclic) bond motifs is 1. The molecule has 3 rings (SSSR count). The molecule has 0 spiro atoms. The van der Waals surface area contributed by atoms with Crippen LogP contribution in [-0.4, -0.2) is 12.6 Å². The van der Waals surface area contributed by atoms with Gasteiger partial charge in [0.2, 0.25) is 6.79 Å². The SMILES string of the molecule is O=C(c1ccc2c(c1)OCO2)C1CCC1. The first-order valence-electron chi connectivity index (χ1n) is 5.28. The maximum Gasteiger partial charge on any atom is 0.231 e. The zero-order valence-corrected chi connectivity index (χ0v) is 8.36. The molecule has 0 saturated heterocycles. The molecule has 0 radical (unpaired) electrons. The molecule has 1 aliphatic carbocycles. The molecule has 0 N–H and O–H groups in total. The molecule has 0 aromatic heterocycles. The summed E-state index contributed by atoms with van der Waals surface area (Å²) >= 11 is 0.